The molecule has 2 heterocycles. The first-order chi connectivity index (χ1) is 18.3. The van der Waals surface area contributed by atoms with Gasteiger partial charge in [0, 0.05) is 18.5 Å². The van der Waals surface area contributed by atoms with Crippen LogP contribution in [0, 0.1) is 18.6 Å². The van der Waals surface area contributed by atoms with Crippen molar-refractivity contribution in [2.24, 2.45) is 10.1 Å². The number of carbonyl (C=O) groups is 2. The van der Waals surface area contributed by atoms with Crippen LogP contribution >= 0.6 is 11.8 Å². The molecule has 0 saturated heterocycles. The molecule has 5 rings (SSSR count). The summed E-state index contributed by atoms with van der Waals surface area (Å²) in [5.41, 5.74) is 3.27. The quantitative estimate of drug-likeness (QED) is 0.454. The molecule has 0 saturated carbocycles. The fraction of sp³-hybridized carbons (Fsp3) is 0.214. The van der Waals surface area contributed by atoms with E-state index in [0.717, 1.165) is 34.3 Å². The Balaban J connectivity index is 1.34. The number of hydrogen-bond acceptors (Lipinski definition) is 6. The topological polar surface area (TPSA) is 83.4 Å². The number of thioether (sulfide) groups is 1. The summed E-state index contributed by atoms with van der Waals surface area (Å²) < 4.78 is 32.7. The SMILES string of the molecule is COc1ccc(C2=NN(C3=NC(=O)[C@@H](CC(=O)Nc4ccc(C)c(F)c4)S3)[C@H](c3ccc(F)cc3)C2)cc1. The van der Waals surface area contributed by atoms with Gasteiger partial charge in [-0.05, 0) is 72.1 Å². The van der Waals surface area contributed by atoms with Crippen molar-refractivity contribution in [3.63, 3.8) is 0 Å². The molecule has 7 nitrogen and oxygen atoms in total. The largest absolute Gasteiger partial charge is 0.497 e. The minimum Gasteiger partial charge on any atom is -0.497 e. The summed E-state index contributed by atoms with van der Waals surface area (Å²) in [4.78, 5) is 29.6. The van der Waals surface area contributed by atoms with E-state index in [1.807, 2.05) is 24.3 Å². The number of benzene rings is 3. The van der Waals surface area contributed by atoms with Crippen LogP contribution in [0.25, 0.3) is 0 Å². The van der Waals surface area contributed by atoms with Crippen LogP contribution in [0.1, 0.15) is 35.6 Å². The van der Waals surface area contributed by atoms with Gasteiger partial charge >= 0.3 is 0 Å². The van der Waals surface area contributed by atoms with Gasteiger partial charge in [-0.15, -0.1) is 0 Å². The van der Waals surface area contributed by atoms with Gasteiger partial charge in [0.2, 0.25) is 5.91 Å². The van der Waals surface area contributed by atoms with E-state index in [9.17, 15) is 18.4 Å². The number of aryl methyl sites for hydroxylation is 1. The average Bonchev–Trinajstić information content (AvgIpc) is 3.51. The minimum atomic E-state index is -0.741. The Kier molecular flexibility index (Phi) is 7.24. The zero-order valence-electron chi connectivity index (χ0n) is 20.7. The number of hydrazone groups is 1. The number of nitrogens with one attached hydrogen (secondary N) is 1. The Hall–Kier alpha value is -4.05. The lowest BCUT2D eigenvalue weighted by Gasteiger charge is -2.23. The van der Waals surface area contributed by atoms with E-state index < -0.39 is 22.9 Å². The summed E-state index contributed by atoms with van der Waals surface area (Å²) in [6, 6.07) is 17.7. The molecule has 1 N–H and O–H groups in total. The summed E-state index contributed by atoms with van der Waals surface area (Å²) in [6.07, 6.45) is 0.381. The van der Waals surface area contributed by atoms with Crippen molar-refractivity contribution in [3.05, 3.63) is 95.1 Å². The van der Waals surface area contributed by atoms with Crippen molar-refractivity contribution in [2.75, 3.05) is 12.4 Å². The van der Waals surface area contributed by atoms with Crippen molar-refractivity contribution >= 4 is 40.1 Å². The number of carbonyl (C=O) groups excluding carboxylic acids is 2. The minimum absolute atomic E-state index is 0.129. The van der Waals surface area contributed by atoms with Crippen LogP contribution in [0.2, 0.25) is 0 Å². The Bertz CT molecular complexity index is 1440. The molecule has 10 heteroatoms. The molecule has 0 aliphatic carbocycles. The maximum absolute atomic E-state index is 13.8. The van der Waals surface area contributed by atoms with E-state index in [0.29, 0.717) is 22.8 Å². The number of anilines is 1. The molecule has 2 atom stereocenters. The van der Waals surface area contributed by atoms with Crippen molar-refractivity contribution < 1.29 is 23.1 Å². The van der Waals surface area contributed by atoms with Gasteiger partial charge in [-0.25, -0.2) is 13.8 Å². The van der Waals surface area contributed by atoms with Crippen LogP contribution in [-0.4, -0.2) is 40.1 Å². The Labute approximate surface area is 222 Å². The highest BCUT2D eigenvalue weighted by molar-refractivity contribution is 8.15. The predicted octanol–water partition coefficient (Wildman–Crippen LogP) is 5.46. The van der Waals surface area contributed by atoms with Crippen molar-refractivity contribution in [1.29, 1.82) is 0 Å². The third-order valence-electron chi connectivity index (χ3n) is 6.34. The number of halogens is 2. The zero-order valence-corrected chi connectivity index (χ0v) is 21.5. The first kappa shape index (κ1) is 25.6. The van der Waals surface area contributed by atoms with Gasteiger partial charge in [0.15, 0.2) is 5.17 Å². The standard InChI is InChI=1S/C28H24F2N4O3S/c1-16-3-10-20(13-22(16)30)31-26(35)15-25-27(36)32-28(38-25)34-24(18-4-8-19(29)9-5-18)14-23(33-34)17-6-11-21(37-2)12-7-17/h3-13,24-25H,14-15H2,1-2H3,(H,31,35)/t24-,25+/m0/s1. The highest BCUT2D eigenvalue weighted by Gasteiger charge is 2.39. The van der Waals surface area contributed by atoms with E-state index in [2.05, 4.69) is 10.3 Å². The second kappa shape index (κ2) is 10.7. The van der Waals surface area contributed by atoms with Crippen molar-refractivity contribution in [1.82, 2.24) is 5.01 Å². The smallest absolute Gasteiger partial charge is 0.262 e. The molecule has 2 aliphatic rings. The van der Waals surface area contributed by atoms with Gasteiger partial charge in [0.25, 0.3) is 5.91 Å². The number of nitrogens with zero attached hydrogens (tertiary/aromatic N) is 3. The molecule has 2 aliphatic heterocycles. The van der Waals surface area contributed by atoms with Crippen LogP contribution < -0.4 is 10.1 Å². The summed E-state index contributed by atoms with van der Waals surface area (Å²) >= 11 is 1.16. The number of ether oxygens (including phenoxy) is 1. The molecule has 0 radical (unpaired) electrons. The number of rotatable bonds is 6. The first-order valence-corrected chi connectivity index (χ1v) is 12.8. The second-order valence-electron chi connectivity index (χ2n) is 8.95. The molecule has 3 aromatic rings. The summed E-state index contributed by atoms with van der Waals surface area (Å²) in [5.74, 6) is -0.922. The molecular weight excluding hydrogens is 510 g/mol. The fourth-order valence-electron chi connectivity index (χ4n) is 4.24. The molecule has 194 valence electrons. The van der Waals surface area contributed by atoms with Gasteiger partial charge < -0.3 is 10.1 Å². The second-order valence-corrected chi connectivity index (χ2v) is 10.1. The molecule has 3 aromatic carbocycles. The molecular formula is C28H24F2N4O3S. The van der Waals surface area contributed by atoms with Crippen molar-refractivity contribution in [3.8, 4) is 5.75 Å². The molecule has 2 amide bonds. The number of amidine groups is 1. The molecule has 38 heavy (non-hydrogen) atoms. The van der Waals surface area contributed by atoms with Crippen LogP contribution in [0.3, 0.4) is 0 Å². The number of aliphatic imine (C=N–C) groups is 1. The number of amides is 2. The molecule has 0 bridgehead atoms. The lowest BCUT2D eigenvalue weighted by atomic mass is 9.98. The van der Waals surface area contributed by atoms with Crippen molar-refractivity contribution in [2.45, 2.75) is 31.1 Å². The first-order valence-electron chi connectivity index (χ1n) is 11.9. The maximum atomic E-state index is 13.8. The van der Waals surface area contributed by atoms with Gasteiger partial charge in [-0.2, -0.15) is 10.1 Å². The predicted molar refractivity (Wildman–Crippen MR) is 143 cm³/mol. The van der Waals surface area contributed by atoms with E-state index in [1.165, 1.54) is 18.2 Å². The van der Waals surface area contributed by atoms with Gasteiger partial charge in [-0.1, -0.05) is 30.0 Å². The van der Waals surface area contributed by atoms with Crippen LogP contribution in [0.15, 0.2) is 76.8 Å². The highest BCUT2D eigenvalue weighted by Crippen LogP contribution is 2.38. The van der Waals surface area contributed by atoms with Gasteiger partial charge in [0.05, 0.1) is 18.9 Å². The van der Waals surface area contributed by atoms with Crippen LogP contribution in [0.5, 0.6) is 5.75 Å². The summed E-state index contributed by atoms with van der Waals surface area (Å²) in [6.45, 7) is 1.63. The number of hydrogen-bond donors (Lipinski definition) is 1. The van der Waals surface area contributed by atoms with Gasteiger partial charge in [0.1, 0.15) is 22.6 Å². The third-order valence-corrected chi connectivity index (χ3v) is 7.48. The average molecular weight is 535 g/mol. The van der Waals surface area contributed by atoms with E-state index in [1.54, 1.807) is 43.3 Å². The fourth-order valence-corrected chi connectivity index (χ4v) is 5.31. The van der Waals surface area contributed by atoms with Crippen LogP contribution in [-0.2, 0) is 9.59 Å². The summed E-state index contributed by atoms with van der Waals surface area (Å²) in [7, 11) is 1.59. The number of methoxy groups -OCH3 is 1. The van der Waals surface area contributed by atoms with E-state index in [-0.39, 0.29) is 18.3 Å². The molecule has 0 unspecified atom stereocenters. The lowest BCUT2D eigenvalue weighted by Crippen LogP contribution is -2.25. The summed E-state index contributed by atoms with van der Waals surface area (Å²) in [5, 5.41) is 8.71. The Morgan fingerprint density at radius 3 is 2.53 bits per heavy atom. The third kappa shape index (κ3) is 5.45. The Morgan fingerprint density at radius 2 is 1.84 bits per heavy atom. The van der Waals surface area contributed by atoms with E-state index in [4.69, 9.17) is 9.84 Å². The Morgan fingerprint density at radius 1 is 1.11 bits per heavy atom. The maximum Gasteiger partial charge on any atom is 0.262 e. The molecule has 0 aromatic heterocycles. The molecule has 0 spiro atoms. The lowest BCUT2D eigenvalue weighted by molar-refractivity contribution is -0.121. The zero-order chi connectivity index (χ0) is 26.8. The van der Waals surface area contributed by atoms with Crippen LogP contribution in [0.4, 0.5) is 14.5 Å². The van der Waals surface area contributed by atoms with Gasteiger partial charge in [-0.3, -0.25) is 9.59 Å². The highest BCUT2D eigenvalue weighted by atomic mass is 32.2. The van der Waals surface area contributed by atoms with E-state index >= 15 is 0 Å². The molecule has 0 fully saturated rings. The normalized spacial score (nSPS) is 18.8. The monoisotopic (exact) mass is 534 g/mol.